The topological polar surface area (TPSA) is 122 Å². The molecule has 53 heavy (non-hydrogen) atoms. The van der Waals surface area contributed by atoms with Gasteiger partial charge in [-0.25, -0.2) is 0 Å². The van der Waals surface area contributed by atoms with Crippen LogP contribution in [0.2, 0.25) is 0 Å². The minimum atomic E-state index is -0.561. The molecule has 4 amide bonds. The van der Waals surface area contributed by atoms with Crippen LogP contribution < -0.4 is 0 Å². The monoisotopic (exact) mass is 756 g/mol. The van der Waals surface area contributed by atoms with Gasteiger partial charge in [0.1, 0.15) is 23.3 Å². The lowest BCUT2D eigenvalue weighted by Crippen LogP contribution is -2.40. The lowest BCUT2D eigenvalue weighted by Gasteiger charge is -2.37. The SMILES string of the molecule is CC1=C(C#N)C(=O)N(C)C(=O)/C1=C/C1=Cc2sc3c4c(sc3c2C12CCCCC2)-c1sc(/C=C2/C(=O)N(C)C(=O)C(C#N)=C2C)cc1C41CCCCC1. The molecule has 2 spiro atoms. The highest BCUT2D eigenvalue weighted by molar-refractivity contribution is 7.32. The molecular weight excluding hydrogens is 721 g/mol. The molecule has 3 aromatic heterocycles. The van der Waals surface area contributed by atoms with E-state index in [9.17, 15) is 29.7 Å². The number of imide groups is 2. The summed E-state index contributed by atoms with van der Waals surface area (Å²) in [6.07, 6.45) is 17.1. The molecule has 5 heterocycles. The lowest BCUT2D eigenvalue weighted by molar-refractivity contribution is -0.140. The molecule has 266 valence electrons. The molecule has 9 rings (SSSR count). The second-order valence-electron chi connectivity index (χ2n) is 15.3. The molecule has 0 radical (unpaired) electrons. The molecule has 0 N–H and O–H groups in total. The van der Waals surface area contributed by atoms with Gasteiger partial charge in [-0.05, 0) is 91.7 Å². The maximum Gasteiger partial charge on any atom is 0.271 e. The Labute approximate surface area is 319 Å². The first kappa shape index (κ1) is 34.1. The number of carbonyl (C=O) groups is 4. The summed E-state index contributed by atoms with van der Waals surface area (Å²) < 4.78 is 2.73. The fraction of sp³-hybridized carbons (Fsp3) is 0.381. The Morgan fingerprint density at radius 3 is 1.75 bits per heavy atom. The summed E-state index contributed by atoms with van der Waals surface area (Å²) >= 11 is 5.48. The number of thiophene rings is 3. The van der Waals surface area contributed by atoms with Crippen LogP contribution in [0.3, 0.4) is 0 Å². The first-order valence-electron chi connectivity index (χ1n) is 18.3. The van der Waals surface area contributed by atoms with E-state index >= 15 is 0 Å². The van der Waals surface area contributed by atoms with Crippen molar-refractivity contribution >= 4 is 79.2 Å². The fourth-order valence-corrected chi connectivity index (χ4v) is 14.5. The Balaban J connectivity index is 1.21. The van der Waals surface area contributed by atoms with E-state index in [-0.39, 0.29) is 33.8 Å². The maximum atomic E-state index is 13.5. The van der Waals surface area contributed by atoms with Crippen LogP contribution in [-0.2, 0) is 30.0 Å². The van der Waals surface area contributed by atoms with E-state index in [1.165, 1.54) is 67.7 Å². The summed E-state index contributed by atoms with van der Waals surface area (Å²) in [4.78, 5) is 59.1. The first-order chi connectivity index (χ1) is 25.5. The van der Waals surface area contributed by atoms with Gasteiger partial charge < -0.3 is 0 Å². The lowest BCUT2D eigenvalue weighted by atomic mass is 9.66. The van der Waals surface area contributed by atoms with E-state index in [0.29, 0.717) is 22.3 Å². The van der Waals surface area contributed by atoms with Crippen molar-refractivity contribution in [3.05, 3.63) is 77.6 Å². The second-order valence-corrected chi connectivity index (χ2v) is 18.4. The van der Waals surface area contributed by atoms with Crippen LogP contribution in [-0.4, -0.2) is 47.5 Å². The molecule has 11 heteroatoms. The predicted molar refractivity (Wildman–Crippen MR) is 208 cm³/mol. The minimum absolute atomic E-state index is 0.00569. The summed E-state index contributed by atoms with van der Waals surface area (Å²) in [6, 6.07) is 6.32. The van der Waals surface area contributed by atoms with E-state index in [4.69, 9.17) is 0 Å². The van der Waals surface area contributed by atoms with Crippen molar-refractivity contribution in [2.45, 2.75) is 88.9 Å². The van der Waals surface area contributed by atoms with E-state index in [1.54, 1.807) is 25.2 Å². The Hall–Kier alpha value is -4.68. The van der Waals surface area contributed by atoms with Crippen molar-refractivity contribution in [1.29, 1.82) is 10.5 Å². The third-order valence-corrected chi connectivity index (χ3v) is 16.4. The van der Waals surface area contributed by atoms with Crippen molar-refractivity contribution in [2.75, 3.05) is 14.1 Å². The van der Waals surface area contributed by atoms with Gasteiger partial charge in [0.15, 0.2) is 0 Å². The van der Waals surface area contributed by atoms with Gasteiger partial charge in [-0.2, -0.15) is 10.5 Å². The van der Waals surface area contributed by atoms with Gasteiger partial charge in [0.2, 0.25) is 0 Å². The largest absolute Gasteiger partial charge is 0.277 e. The van der Waals surface area contributed by atoms with E-state index in [2.05, 4.69) is 12.1 Å². The van der Waals surface area contributed by atoms with Crippen molar-refractivity contribution in [3.8, 4) is 21.9 Å². The molecule has 0 unspecified atom stereocenters. The van der Waals surface area contributed by atoms with Gasteiger partial charge in [0, 0.05) is 56.3 Å². The molecule has 3 aromatic rings. The average Bonchev–Trinajstić information content (AvgIpc) is 3.94. The number of nitriles is 2. The highest BCUT2D eigenvalue weighted by Gasteiger charge is 2.51. The number of likely N-dealkylation sites (N-methyl/N-ethyl adjacent to an activating group) is 2. The van der Waals surface area contributed by atoms with Gasteiger partial charge in [-0.1, -0.05) is 38.5 Å². The minimum Gasteiger partial charge on any atom is -0.277 e. The molecular formula is C42H36N4O4S3. The third-order valence-electron chi connectivity index (χ3n) is 12.7. The Kier molecular flexibility index (Phi) is 7.67. The van der Waals surface area contributed by atoms with Crippen LogP contribution in [0.4, 0.5) is 0 Å². The molecule has 0 bridgehead atoms. The van der Waals surface area contributed by atoms with Crippen LogP contribution in [0.25, 0.3) is 31.3 Å². The number of allylic oxidation sites excluding steroid dienone is 2. The standard InChI is InChI=1S/C42H36N4O4S3/c1-21-25(37(47)45(3)39(49)27(21)19-43)15-23-16-30-31(41(23)11-7-5-8-12-41)34-36(52-30)32-35(53-34)33-29(42(32)13-9-6-10-14-42)18-24(51-33)17-26-22(2)28(20-44)40(50)46(4)38(26)48/h15-18H,5-14H2,1-4H3/b25-15+,26-17+. The quantitative estimate of drug-likeness (QED) is 0.190. The average molecular weight is 757 g/mol. The maximum absolute atomic E-state index is 13.5. The predicted octanol–water partition coefficient (Wildman–Crippen LogP) is 8.84. The van der Waals surface area contributed by atoms with Crippen LogP contribution >= 0.6 is 34.0 Å². The molecule has 8 nitrogen and oxygen atoms in total. The summed E-state index contributed by atoms with van der Waals surface area (Å²) in [5, 5.41) is 19.5. The zero-order chi connectivity index (χ0) is 37.1. The third kappa shape index (κ3) is 4.48. The molecule has 2 aliphatic heterocycles. The zero-order valence-electron chi connectivity index (χ0n) is 30.0. The molecule has 2 saturated carbocycles. The highest BCUT2D eigenvalue weighted by Crippen LogP contribution is 2.67. The number of nitrogens with zero attached hydrogens (tertiary/aromatic N) is 4. The molecule has 0 aromatic carbocycles. The van der Waals surface area contributed by atoms with Crippen LogP contribution in [0.5, 0.6) is 0 Å². The molecule has 6 aliphatic rings. The number of amides is 4. The number of fused-ring (bicyclic) bond motifs is 10. The molecule has 0 atom stereocenters. The summed E-state index contributed by atoms with van der Waals surface area (Å²) in [5.74, 6) is -1.87. The van der Waals surface area contributed by atoms with Gasteiger partial charge in [-0.15, -0.1) is 34.0 Å². The molecule has 2 fully saturated rings. The van der Waals surface area contributed by atoms with Gasteiger partial charge >= 0.3 is 0 Å². The van der Waals surface area contributed by atoms with Gasteiger partial charge in [0.05, 0.1) is 14.3 Å². The van der Waals surface area contributed by atoms with Gasteiger partial charge in [-0.3, -0.25) is 29.0 Å². The zero-order valence-corrected chi connectivity index (χ0v) is 32.5. The van der Waals surface area contributed by atoms with Crippen LogP contribution in [0.15, 0.2) is 51.2 Å². The second kappa shape index (κ2) is 11.9. The smallest absolute Gasteiger partial charge is 0.271 e. The normalized spacial score (nSPS) is 23.5. The number of rotatable bonds is 2. The summed E-state index contributed by atoms with van der Waals surface area (Å²) in [7, 11) is 2.88. The van der Waals surface area contributed by atoms with Crippen molar-refractivity contribution in [1.82, 2.24) is 9.80 Å². The Morgan fingerprint density at radius 2 is 1.19 bits per heavy atom. The Bertz CT molecular complexity index is 2520. The van der Waals surface area contributed by atoms with Crippen molar-refractivity contribution in [3.63, 3.8) is 0 Å². The van der Waals surface area contributed by atoms with Crippen LogP contribution in [0, 0.1) is 22.7 Å². The number of hydrogen-bond acceptors (Lipinski definition) is 9. The van der Waals surface area contributed by atoms with Crippen molar-refractivity contribution < 1.29 is 19.2 Å². The van der Waals surface area contributed by atoms with Gasteiger partial charge in [0.25, 0.3) is 23.6 Å². The highest BCUT2D eigenvalue weighted by atomic mass is 32.1. The molecule has 4 aliphatic carbocycles. The van der Waals surface area contributed by atoms with E-state index in [0.717, 1.165) is 71.6 Å². The van der Waals surface area contributed by atoms with E-state index < -0.39 is 11.8 Å². The number of carbonyl (C=O) groups excluding carboxylic acids is 4. The fourth-order valence-electron chi connectivity index (χ4n) is 9.91. The first-order valence-corrected chi connectivity index (χ1v) is 20.7. The van der Waals surface area contributed by atoms with Crippen molar-refractivity contribution in [2.24, 2.45) is 0 Å². The molecule has 0 saturated heterocycles. The van der Waals surface area contributed by atoms with E-state index in [1.807, 2.05) is 47.0 Å². The van der Waals surface area contributed by atoms with Crippen LogP contribution in [0.1, 0.15) is 105 Å². The number of hydrogen-bond donors (Lipinski definition) is 0. The summed E-state index contributed by atoms with van der Waals surface area (Å²) in [5.41, 5.74) is 6.66. The summed E-state index contributed by atoms with van der Waals surface area (Å²) in [6.45, 7) is 3.40. The Morgan fingerprint density at radius 1 is 0.660 bits per heavy atom.